The molecule has 1 saturated carbocycles. The van der Waals surface area contributed by atoms with Gasteiger partial charge in [-0.25, -0.2) is 4.79 Å². The van der Waals surface area contributed by atoms with Gasteiger partial charge in [0.1, 0.15) is 5.54 Å². The van der Waals surface area contributed by atoms with E-state index in [0.29, 0.717) is 5.92 Å². The monoisotopic (exact) mass is 303 g/mol. The zero-order valence-corrected chi connectivity index (χ0v) is 14.0. The fourth-order valence-corrected chi connectivity index (χ4v) is 2.63. The van der Waals surface area contributed by atoms with Crippen LogP contribution in [0.5, 0.6) is 0 Å². The van der Waals surface area contributed by atoms with E-state index < -0.39 is 11.5 Å². The van der Waals surface area contributed by atoms with Crippen LogP contribution in [0.2, 0.25) is 0 Å². The van der Waals surface area contributed by atoms with Crippen LogP contribution in [-0.4, -0.2) is 34.5 Å². The predicted molar refractivity (Wildman–Crippen MR) is 85.9 cm³/mol. The normalized spacial score (nSPS) is 20.8. The summed E-state index contributed by atoms with van der Waals surface area (Å²) in [7, 11) is 1.58. The van der Waals surface area contributed by atoms with Gasteiger partial charge in [0.2, 0.25) is 5.91 Å². The fraction of sp³-hybridized carbons (Fsp3) is 0.556. The summed E-state index contributed by atoms with van der Waals surface area (Å²) < 4.78 is 0. The molecule has 1 N–H and O–H groups in total. The van der Waals surface area contributed by atoms with Crippen molar-refractivity contribution in [3.8, 4) is 0 Å². The third kappa shape index (κ3) is 3.01. The maximum Gasteiger partial charge on any atom is 0.329 e. The van der Waals surface area contributed by atoms with Gasteiger partial charge in [-0.2, -0.15) is 0 Å². The van der Waals surface area contributed by atoms with E-state index in [0.717, 1.165) is 6.42 Å². The van der Waals surface area contributed by atoms with Crippen LogP contribution >= 0.6 is 0 Å². The van der Waals surface area contributed by atoms with E-state index in [2.05, 4.69) is 38.1 Å². The minimum atomic E-state index is -1.17. The number of carbonyl (C=O) groups excluding carboxylic acids is 1. The first-order chi connectivity index (χ1) is 10.2. The molecule has 4 nitrogen and oxygen atoms in total. The Morgan fingerprint density at radius 2 is 1.77 bits per heavy atom. The van der Waals surface area contributed by atoms with Crippen molar-refractivity contribution in [1.29, 1.82) is 0 Å². The van der Waals surface area contributed by atoms with Gasteiger partial charge >= 0.3 is 5.97 Å². The second-order valence-electron chi connectivity index (χ2n) is 7.03. The molecule has 2 unspecified atom stereocenters. The van der Waals surface area contributed by atoms with E-state index in [1.807, 2.05) is 0 Å². The number of amides is 1. The average Bonchev–Trinajstić information content (AvgIpc) is 3.26. The number of carboxylic acids is 1. The van der Waals surface area contributed by atoms with Crippen LogP contribution in [0.15, 0.2) is 24.3 Å². The van der Waals surface area contributed by atoms with Crippen molar-refractivity contribution in [3.63, 3.8) is 0 Å². The molecule has 1 aromatic carbocycles. The fourth-order valence-electron chi connectivity index (χ4n) is 2.63. The Labute approximate surface area is 132 Å². The van der Waals surface area contributed by atoms with Crippen molar-refractivity contribution >= 4 is 11.9 Å². The Morgan fingerprint density at radius 3 is 2.23 bits per heavy atom. The highest BCUT2D eigenvalue weighted by Gasteiger charge is 2.48. The SMILES string of the molecule is CC(C)c1ccc(C2CC2C(=O)N(C)C(C)(C)C(=O)O)cc1. The molecule has 0 radical (unpaired) electrons. The molecule has 0 aliphatic heterocycles. The molecular weight excluding hydrogens is 278 g/mol. The number of hydrogen-bond donors (Lipinski definition) is 1. The van der Waals surface area contributed by atoms with Crippen LogP contribution < -0.4 is 0 Å². The maximum atomic E-state index is 12.5. The second-order valence-corrected chi connectivity index (χ2v) is 7.03. The summed E-state index contributed by atoms with van der Waals surface area (Å²) in [4.78, 5) is 25.1. The molecule has 1 aliphatic rings. The topological polar surface area (TPSA) is 57.6 Å². The molecule has 0 saturated heterocycles. The molecule has 0 bridgehead atoms. The maximum absolute atomic E-state index is 12.5. The second kappa shape index (κ2) is 5.75. The van der Waals surface area contributed by atoms with E-state index in [1.165, 1.54) is 16.0 Å². The minimum Gasteiger partial charge on any atom is -0.480 e. The van der Waals surface area contributed by atoms with E-state index in [1.54, 1.807) is 20.9 Å². The highest BCUT2D eigenvalue weighted by atomic mass is 16.4. The van der Waals surface area contributed by atoms with Gasteiger partial charge in [-0.15, -0.1) is 0 Å². The number of hydrogen-bond acceptors (Lipinski definition) is 2. The van der Waals surface area contributed by atoms with Gasteiger partial charge in [0.05, 0.1) is 0 Å². The van der Waals surface area contributed by atoms with Gasteiger partial charge in [0.15, 0.2) is 0 Å². The molecule has 4 heteroatoms. The largest absolute Gasteiger partial charge is 0.480 e. The zero-order valence-electron chi connectivity index (χ0n) is 14.0. The molecule has 2 atom stereocenters. The number of rotatable bonds is 5. The Kier molecular flexibility index (Phi) is 4.32. The lowest BCUT2D eigenvalue weighted by Crippen LogP contribution is -2.51. The van der Waals surface area contributed by atoms with Crippen LogP contribution in [0, 0.1) is 5.92 Å². The highest BCUT2D eigenvalue weighted by Crippen LogP contribution is 2.49. The Morgan fingerprint density at radius 1 is 1.23 bits per heavy atom. The smallest absolute Gasteiger partial charge is 0.329 e. The van der Waals surface area contributed by atoms with Crippen molar-refractivity contribution in [2.45, 2.75) is 51.5 Å². The van der Waals surface area contributed by atoms with E-state index in [-0.39, 0.29) is 17.7 Å². The molecule has 1 aromatic rings. The summed E-state index contributed by atoms with van der Waals surface area (Å²) >= 11 is 0. The third-order valence-corrected chi connectivity index (χ3v) is 4.83. The highest BCUT2D eigenvalue weighted by molar-refractivity contribution is 5.89. The number of carbonyl (C=O) groups is 2. The van der Waals surface area contributed by atoms with Crippen molar-refractivity contribution in [3.05, 3.63) is 35.4 Å². The first-order valence-electron chi connectivity index (χ1n) is 7.77. The number of aliphatic carboxylic acids is 1. The molecule has 120 valence electrons. The van der Waals surface area contributed by atoms with Gasteiger partial charge < -0.3 is 10.0 Å². The quantitative estimate of drug-likeness (QED) is 0.908. The molecular formula is C18H25NO3. The van der Waals surface area contributed by atoms with Crippen molar-refractivity contribution in [1.82, 2.24) is 4.90 Å². The van der Waals surface area contributed by atoms with Crippen molar-refractivity contribution < 1.29 is 14.7 Å². The molecule has 0 heterocycles. The van der Waals surface area contributed by atoms with Gasteiger partial charge in [-0.3, -0.25) is 4.79 Å². The van der Waals surface area contributed by atoms with Crippen LogP contribution in [0.3, 0.4) is 0 Å². The van der Waals surface area contributed by atoms with Crippen LogP contribution in [-0.2, 0) is 9.59 Å². The minimum absolute atomic E-state index is 0.0784. The van der Waals surface area contributed by atoms with Crippen molar-refractivity contribution in [2.24, 2.45) is 5.92 Å². The Hall–Kier alpha value is -1.84. The summed E-state index contributed by atoms with van der Waals surface area (Å²) in [6, 6.07) is 8.42. The van der Waals surface area contributed by atoms with E-state index in [9.17, 15) is 14.7 Å². The lowest BCUT2D eigenvalue weighted by Gasteiger charge is -2.31. The first kappa shape index (κ1) is 16.5. The lowest BCUT2D eigenvalue weighted by molar-refractivity contribution is -0.155. The van der Waals surface area contributed by atoms with E-state index >= 15 is 0 Å². The number of likely N-dealkylation sites (N-methyl/N-ethyl adjacent to an activating group) is 1. The Bertz CT molecular complexity index is 574. The van der Waals surface area contributed by atoms with Gasteiger partial charge in [0, 0.05) is 13.0 Å². The summed E-state index contributed by atoms with van der Waals surface area (Å²) in [5, 5.41) is 9.23. The standard InChI is InChI=1S/C18H25NO3/c1-11(2)12-6-8-13(9-7-12)14-10-15(14)16(20)19(5)18(3,4)17(21)22/h6-9,11,14-15H,10H2,1-5H3,(H,21,22). The number of nitrogens with zero attached hydrogens (tertiary/aromatic N) is 1. The predicted octanol–water partition coefficient (Wildman–Crippen LogP) is 3.24. The molecule has 1 amide bonds. The average molecular weight is 303 g/mol. The van der Waals surface area contributed by atoms with Gasteiger partial charge in [-0.1, -0.05) is 38.1 Å². The lowest BCUT2D eigenvalue weighted by atomic mass is 9.99. The molecule has 1 aliphatic carbocycles. The first-order valence-corrected chi connectivity index (χ1v) is 7.77. The molecule has 2 rings (SSSR count). The van der Waals surface area contributed by atoms with Crippen LogP contribution in [0.25, 0.3) is 0 Å². The van der Waals surface area contributed by atoms with Gasteiger partial charge in [0.25, 0.3) is 0 Å². The molecule has 0 spiro atoms. The van der Waals surface area contributed by atoms with Crippen LogP contribution in [0.4, 0.5) is 0 Å². The summed E-state index contributed by atoms with van der Waals surface area (Å²) in [5.41, 5.74) is 1.28. The van der Waals surface area contributed by atoms with Crippen molar-refractivity contribution in [2.75, 3.05) is 7.05 Å². The Balaban J connectivity index is 2.05. The molecule has 1 fully saturated rings. The van der Waals surface area contributed by atoms with Gasteiger partial charge in [-0.05, 0) is 43.2 Å². The molecule has 0 aromatic heterocycles. The number of benzene rings is 1. The van der Waals surface area contributed by atoms with Crippen LogP contribution in [0.1, 0.15) is 57.1 Å². The van der Waals surface area contributed by atoms with E-state index in [4.69, 9.17) is 0 Å². The zero-order chi connectivity index (χ0) is 16.7. The summed E-state index contributed by atoms with van der Waals surface area (Å²) in [6.45, 7) is 7.42. The third-order valence-electron chi connectivity index (χ3n) is 4.83. The molecule has 22 heavy (non-hydrogen) atoms. The number of carboxylic acid groups (broad SMARTS) is 1. The summed E-state index contributed by atoms with van der Waals surface area (Å²) in [6.07, 6.45) is 0.805. The summed E-state index contributed by atoms with van der Waals surface area (Å²) in [5.74, 6) is -0.436.